The summed E-state index contributed by atoms with van der Waals surface area (Å²) in [5, 5.41) is 10.3. The third-order valence-electron chi connectivity index (χ3n) is 5.55. The van der Waals surface area contributed by atoms with Crippen LogP contribution in [-0.2, 0) is 17.1 Å². The van der Waals surface area contributed by atoms with E-state index in [0.29, 0.717) is 5.92 Å². The van der Waals surface area contributed by atoms with E-state index in [-0.39, 0.29) is 35.8 Å². The Morgan fingerprint density at radius 3 is 2.00 bits per heavy atom. The second kappa shape index (κ2) is 18.5. The largest absolute Gasteiger partial charge is 2.00 e. The third-order valence-corrected chi connectivity index (χ3v) is 5.55. The Morgan fingerprint density at radius 1 is 0.879 bits per heavy atom. The van der Waals surface area contributed by atoms with Gasteiger partial charge in [0.05, 0.1) is 18.7 Å². The fourth-order valence-electron chi connectivity index (χ4n) is 3.80. The quantitative estimate of drug-likeness (QED) is 0.248. The molecule has 2 fully saturated rings. The summed E-state index contributed by atoms with van der Waals surface area (Å²) in [6.07, 6.45) is 23.0. The number of aliphatic hydroxyl groups excluding tert-OH is 1. The Morgan fingerprint density at radius 2 is 1.48 bits per heavy atom. The molecule has 3 rings (SSSR count). The average molecular weight is 485 g/mol. The number of benzene rings is 1. The molecule has 176 valence electrons. The van der Waals surface area contributed by atoms with Gasteiger partial charge in [-0.3, -0.25) is 4.90 Å². The smallest absolute Gasteiger partial charge is 0.394 e. The molecule has 2 aliphatic carbocycles. The summed E-state index contributed by atoms with van der Waals surface area (Å²) in [4.78, 5) is 2.38. The topological polar surface area (TPSA) is 23.5 Å². The van der Waals surface area contributed by atoms with Gasteiger partial charge >= 0.3 is 17.1 Å². The van der Waals surface area contributed by atoms with Crippen LogP contribution in [-0.4, -0.2) is 29.2 Å². The molecule has 2 saturated carbocycles. The van der Waals surface area contributed by atoms with Gasteiger partial charge in [0.15, 0.2) is 0 Å². The fourth-order valence-corrected chi connectivity index (χ4v) is 3.80. The molecule has 0 aliphatic heterocycles. The maximum absolute atomic E-state index is 10.3. The number of unbranched alkanes of at least 4 members (excludes halogenated alkanes) is 3. The van der Waals surface area contributed by atoms with E-state index in [1.54, 1.807) is 0 Å². The van der Waals surface area contributed by atoms with Crippen LogP contribution >= 0.6 is 0 Å². The Hall–Kier alpha value is -0.781. The molecule has 0 saturated heterocycles. The van der Waals surface area contributed by atoms with Crippen molar-refractivity contribution in [2.45, 2.75) is 58.5 Å². The van der Waals surface area contributed by atoms with Crippen molar-refractivity contribution < 1.29 is 22.2 Å². The summed E-state index contributed by atoms with van der Waals surface area (Å²) in [6, 6.07) is 10.4. The van der Waals surface area contributed by atoms with Gasteiger partial charge in [-0.2, -0.15) is 0 Å². The molecule has 2 aliphatic rings. The van der Waals surface area contributed by atoms with Crippen molar-refractivity contribution in [3.8, 4) is 11.8 Å². The van der Waals surface area contributed by atoms with E-state index in [4.69, 9.17) is 0 Å². The summed E-state index contributed by atoms with van der Waals surface area (Å²) >= 11 is 0. The van der Waals surface area contributed by atoms with Gasteiger partial charge < -0.3 is 5.11 Å². The van der Waals surface area contributed by atoms with Crippen LogP contribution in [0.5, 0.6) is 0 Å². The summed E-state index contributed by atoms with van der Waals surface area (Å²) in [7, 11) is 0. The van der Waals surface area contributed by atoms with Crippen LogP contribution in [0.25, 0.3) is 0 Å². The predicted molar refractivity (Wildman–Crippen MR) is 135 cm³/mol. The van der Waals surface area contributed by atoms with Crippen LogP contribution in [0.1, 0.15) is 58.1 Å². The first-order valence-electron chi connectivity index (χ1n) is 11.9. The SMILES string of the molecule is CCCCCC#C[C@@H](C(C)C)N(C[C]1[CH][CH][CH][CH]1)[C@@H](CO)c1ccccc1.[CH]1[CH][CH][CH][CH]1.[Fe+2]. The molecule has 2 atom stereocenters. The first kappa shape index (κ1) is 30.3. The van der Waals surface area contributed by atoms with Crippen LogP contribution in [0.3, 0.4) is 0 Å². The van der Waals surface area contributed by atoms with Crippen molar-refractivity contribution in [2.75, 3.05) is 13.2 Å². The minimum absolute atomic E-state index is 0. The number of nitrogens with zero attached hydrogens (tertiary/aromatic N) is 1. The van der Waals surface area contributed by atoms with Crippen molar-refractivity contribution in [3.05, 3.63) is 99.6 Å². The standard InChI is InChI=1S/C25H34NO.C5H5.Fe/c1-4-5-6-7-11-18-24(21(2)3)26(19-22-14-12-13-15-22)25(20-27)23-16-9-8-10-17-23;1-2-4-5-3-1;/h8-10,12-17,21,24-25,27H,4-7,19-20H2,1-3H3;1-5H;/q;;+2/t24-,25-;;/m0../s1. The predicted octanol–water partition coefficient (Wildman–Crippen LogP) is 6.05. The number of rotatable bonds is 10. The normalized spacial score (nSPS) is 17.6. The van der Waals surface area contributed by atoms with Crippen molar-refractivity contribution in [2.24, 2.45) is 5.92 Å². The Labute approximate surface area is 215 Å². The van der Waals surface area contributed by atoms with Gasteiger partial charge in [0, 0.05) is 13.0 Å². The average Bonchev–Trinajstić information content (AvgIpc) is 3.54. The molecule has 0 heterocycles. The molecule has 33 heavy (non-hydrogen) atoms. The minimum Gasteiger partial charge on any atom is -0.394 e. The molecule has 3 heteroatoms. The monoisotopic (exact) mass is 485 g/mol. The first-order valence-corrected chi connectivity index (χ1v) is 11.9. The zero-order valence-electron chi connectivity index (χ0n) is 20.3. The Bertz CT molecular complexity index is 633. The van der Waals surface area contributed by atoms with Crippen molar-refractivity contribution in [1.82, 2.24) is 4.90 Å². The molecule has 0 bridgehead atoms. The molecule has 1 aromatic carbocycles. The van der Waals surface area contributed by atoms with Gasteiger partial charge in [0.25, 0.3) is 0 Å². The molecule has 0 amide bonds. The van der Waals surface area contributed by atoms with Gasteiger partial charge in [-0.25, -0.2) is 0 Å². The van der Waals surface area contributed by atoms with Crippen LogP contribution in [0.4, 0.5) is 0 Å². The van der Waals surface area contributed by atoms with Gasteiger partial charge in [0.1, 0.15) is 0 Å². The van der Waals surface area contributed by atoms with Gasteiger partial charge in [0.2, 0.25) is 0 Å². The molecule has 1 N–H and O–H groups in total. The first-order chi connectivity index (χ1) is 15.7. The molecule has 1 aromatic rings. The van der Waals surface area contributed by atoms with E-state index >= 15 is 0 Å². The fraction of sp³-hybridized carbons (Fsp3) is 0.400. The van der Waals surface area contributed by atoms with Crippen LogP contribution in [0.15, 0.2) is 30.3 Å². The minimum atomic E-state index is -0.0570. The zero-order chi connectivity index (χ0) is 23.0. The van der Waals surface area contributed by atoms with Crippen LogP contribution in [0.2, 0.25) is 0 Å². The summed E-state index contributed by atoms with van der Waals surface area (Å²) in [6.45, 7) is 7.55. The number of hydrogen-bond donors (Lipinski definition) is 1. The van der Waals surface area contributed by atoms with Gasteiger partial charge in [-0.15, -0.1) is 5.92 Å². The van der Waals surface area contributed by atoms with Gasteiger partial charge in [-0.1, -0.05) is 69.9 Å². The zero-order valence-corrected chi connectivity index (χ0v) is 21.4. The summed E-state index contributed by atoms with van der Waals surface area (Å²) in [5.74, 6) is 8.61. The second-order valence-corrected chi connectivity index (χ2v) is 8.50. The summed E-state index contributed by atoms with van der Waals surface area (Å²) in [5.41, 5.74) is 1.14. The van der Waals surface area contributed by atoms with E-state index in [1.807, 2.05) is 50.3 Å². The van der Waals surface area contributed by atoms with Crippen molar-refractivity contribution in [1.29, 1.82) is 0 Å². The molecule has 0 aromatic heterocycles. The van der Waals surface area contributed by atoms with E-state index in [2.05, 4.69) is 75.3 Å². The Balaban J connectivity index is 0.000000799. The number of hydrogen-bond acceptors (Lipinski definition) is 2. The van der Waals surface area contributed by atoms with Gasteiger partial charge in [-0.05, 0) is 81.6 Å². The van der Waals surface area contributed by atoms with Crippen LogP contribution in [0, 0.1) is 81.5 Å². The van der Waals surface area contributed by atoms with Crippen molar-refractivity contribution in [3.63, 3.8) is 0 Å². The molecular formula is C30H39FeNO+2. The van der Waals surface area contributed by atoms with E-state index in [0.717, 1.165) is 18.5 Å². The Kier molecular flexibility index (Phi) is 17.0. The molecule has 0 unspecified atom stereocenters. The maximum atomic E-state index is 10.3. The van der Waals surface area contributed by atoms with E-state index < -0.39 is 0 Å². The van der Waals surface area contributed by atoms with Crippen molar-refractivity contribution >= 4 is 0 Å². The molecule has 10 radical (unpaired) electrons. The summed E-state index contributed by atoms with van der Waals surface area (Å²) < 4.78 is 0. The third kappa shape index (κ3) is 11.5. The number of aliphatic hydroxyl groups is 1. The molecular weight excluding hydrogens is 446 g/mol. The second-order valence-electron chi connectivity index (χ2n) is 8.50. The van der Waals surface area contributed by atoms with E-state index in [9.17, 15) is 5.11 Å². The van der Waals surface area contributed by atoms with Crippen LogP contribution < -0.4 is 0 Å². The van der Waals surface area contributed by atoms with E-state index in [1.165, 1.54) is 25.2 Å². The molecule has 0 spiro atoms. The molecule has 2 nitrogen and oxygen atoms in total. The maximum Gasteiger partial charge on any atom is 2.00 e.